The third kappa shape index (κ3) is 4.79. The monoisotopic (exact) mass is 283 g/mol. The second kappa shape index (κ2) is 7.21. The molecule has 0 fully saturated rings. The minimum absolute atomic E-state index is 0.0748. The van der Waals surface area contributed by atoms with E-state index in [4.69, 9.17) is 5.73 Å². The van der Waals surface area contributed by atoms with E-state index in [0.29, 0.717) is 18.7 Å². The van der Waals surface area contributed by atoms with Crippen molar-refractivity contribution in [2.45, 2.75) is 32.4 Å². The second-order valence-corrected chi connectivity index (χ2v) is 5.02. The zero-order valence-electron chi connectivity index (χ0n) is 12.1. The summed E-state index contributed by atoms with van der Waals surface area (Å²) in [7, 11) is 1.78. The molecule has 0 aliphatic rings. The Labute approximate surface area is 118 Å². The Morgan fingerprint density at radius 1 is 1.50 bits per heavy atom. The van der Waals surface area contributed by atoms with E-state index >= 15 is 0 Å². The summed E-state index contributed by atoms with van der Waals surface area (Å²) >= 11 is 0. The number of hydrogen-bond donors (Lipinski definition) is 3. The van der Waals surface area contributed by atoms with Gasteiger partial charge in [-0.25, -0.2) is 4.39 Å². The maximum absolute atomic E-state index is 13.5. The van der Waals surface area contributed by atoms with Crippen molar-refractivity contribution >= 4 is 17.3 Å². The highest BCUT2D eigenvalue weighted by atomic mass is 19.1. The first-order valence-electron chi connectivity index (χ1n) is 6.55. The molecule has 2 unspecified atom stereocenters. The predicted octanol–water partition coefficient (Wildman–Crippen LogP) is 1.44. The number of carbonyl (C=O) groups excluding carboxylic acids is 1. The van der Waals surface area contributed by atoms with E-state index in [2.05, 4.69) is 5.32 Å². The number of carbonyl (C=O) groups is 1. The Hall–Kier alpha value is -1.66. The first-order valence-corrected chi connectivity index (χ1v) is 6.55. The zero-order valence-corrected chi connectivity index (χ0v) is 12.1. The lowest BCUT2D eigenvalue weighted by atomic mass is 10.2. The molecule has 6 heteroatoms. The van der Waals surface area contributed by atoms with Crippen LogP contribution in [-0.4, -0.2) is 41.7 Å². The van der Waals surface area contributed by atoms with Crippen molar-refractivity contribution < 1.29 is 14.3 Å². The van der Waals surface area contributed by atoms with Crippen LogP contribution in [0.2, 0.25) is 0 Å². The van der Waals surface area contributed by atoms with Gasteiger partial charge in [-0.1, -0.05) is 0 Å². The summed E-state index contributed by atoms with van der Waals surface area (Å²) in [4.78, 5) is 13.8. The van der Waals surface area contributed by atoms with Crippen LogP contribution in [0, 0.1) is 5.82 Å². The van der Waals surface area contributed by atoms with Crippen molar-refractivity contribution in [2.24, 2.45) is 0 Å². The molecule has 0 aromatic heterocycles. The molecule has 5 nitrogen and oxygen atoms in total. The van der Waals surface area contributed by atoms with Crippen molar-refractivity contribution in [3.8, 4) is 0 Å². The number of aliphatic hydroxyl groups excluding tert-OH is 1. The molecule has 4 N–H and O–H groups in total. The Morgan fingerprint density at radius 2 is 2.15 bits per heavy atom. The Bertz CT molecular complexity index is 466. The average Bonchev–Trinajstić information content (AvgIpc) is 2.39. The first-order chi connectivity index (χ1) is 9.31. The maximum atomic E-state index is 13.5. The molecule has 0 spiro atoms. The van der Waals surface area contributed by atoms with Gasteiger partial charge in [0.2, 0.25) is 5.91 Å². The van der Waals surface area contributed by atoms with Gasteiger partial charge in [0.15, 0.2) is 0 Å². The standard InChI is InChI=1S/C14H22FN3O2/c1-9(19)6-7-18(3)10(2)14(20)17-13-8-11(16)4-5-12(13)15/h4-5,8-10,19H,6-7,16H2,1-3H3,(H,17,20). The molecular weight excluding hydrogens is 261 g/mol. The molecule has 0 heterocycles. The van der Waals surface area contributed by atoms with Gasteiger partial charge in [-0.3, -0.25) is 9.69 Å². The fraction of sp³-hybridized carbons (Fsp3) is 0.500. The number of nitrogen functional groups attached to an aromatic ring is 1. The van der Waals surface area contributed by atoms with Crippen molar-refractivity contribution in [3.63, 3.8) is 0 Å². The number of anilines is 2. The van der Waals surface area contributed by atoms with E-state index in [0.717, 1.165) is 0 Å². The summed E-state index contributed by atoms with van der Waals surface area (Å²) in [6.07, 6.45) is 0.153. The lowest BCUT2D eigenvalue weighted by Gasteiger charge is -2.24. The Balaban J connectivity index is 2.63. The van der Waals surface area contributed by atoms with Gasteiger partial charge in [-0.15, -0.1) is 0 Å². The molecule has 0 radical (unpaired) electrons. The van der Waals surface area contributed by atoms with E-state index in [1.807, 2.05) is 0 Å². The number of likely N-dealkylation sites (N-methyl/N-ethyl adjacent to an activating group) is 1. The molecule has 0 saturated carbocycles. The number of nitrogens with one attached hydrogen (secondary N) is 1. The molecule has 0 aliphatic carbocycles. The van der Waals surface area contributed by atoms with Crippen molar-refractivity contribution in [2.75, 3.05) is 24.6 Å². The van der Waals surface area contributed by atoms with Crippen molar-refractivity contribution in [1.82, 2.24) is 4.90 Å². The van der Waals surface area contributed by atoms with Crippen LogP contribution in [0.25, 0.3) is 0 Å². The fourth-order valence-corrected chi connectivity index (χ4v) is 1.66. The molecule has 1 aromatic rings. The average molecular weight is 283 g/mol. The predicted molar refractivity (Wildman–Crippen MR) is 77.8 cm³/mol. The van der Waals surface area contributed by atoms with Crippen molar-refractivity contribution in [1.29, 1.82) is 0 Å². The minimum Gasteiger partial charge on any atom is -0.399 e. The highest BCUT2D eigenvalue weighted by Gasteiger charge is 2.19. The largest absolute Gasteiger partial charge is 0.399 e. The zero-order chi connectivity index (χ0) is 15.3. The summed E-state index contributed by atoms with van der Waals surface area (Å²) < 4.78 is 13.5. The summed E-state index contributed by atoms with van der Waals surface area (Å²) in [5.41, 5.74) is 6.02. The quantitative estimate of drug-likeness (QED) is 0.690. The van der Waals surface area contributed by atoms with Crippen LogP contribution in [0.3, 0.4) is 0 Å². The van der Waals surface area contributed by atoms with Crippen LogP contribution in [0.5, 0.6) is 0 Å². The molecule has 1 aromatic carbocycles. The summed E-state index contributed by atoms with van der Waals surface area (Å²) in [5, 5.41) is 11.8. The molecule has 2 atom stereocenters. The lowest BCUT2D eigenvalue weighted by Crippen LogP contribution is -2.40. The summed E-state index contributed by atoms with van der Waals surface area (Å²) in [5.74, 6) is -0.839. The number of amides is 1. The number of hydrogen-bond acceptors (Lipinski definition) is 4. The highest BCUT2D eigenvalue weighted by molar-refractivity contribution is 5.95. The van der Waals surface area contributed by atoms with Crippen LogP contribution in [0.1, 0.15) is 20.3 Å². The molecule has 0 saturated heterocycles. The van der Waals surface area contributed by atoms with Gasteiger partial charge < -0.3 is 16.2 Å². The van der Waals surface area contributed by atoms with Gasteiger partial charge in [0.1, 0.15) is 5.82 Å². The number of nitrogens with zero attached hydrogens (tertiary/aromatic N) is 1. The van der Waals surface area contributed by atoms with E-state index in [9.17, 15) is 14.3 Å². The number of rotatable bonds is 6. The van der Waals surface area contributed by atoms with Gasteiger partial charge >= 0.3 is 0 Å². The summed E-state index contributed by atoms with van der Waals surface area (Å²) in [6, 6.07) is 3.60. The van der Waals surface area contributed by atoms with E-state index in [-0.39, 0.29) is 11.6 Å². The number of aliphatic hydroxyl groups is 1. The number of nitrogens with two attached hydrogens (primary N) is 1. The topological polar surface area (TPSA) is 78.6 Å². The molecule has 1 rings (SSSR count). The van der Waals surface area contributed by atoms with Gasteiger partial charge in [-0.2, -0.15) is 0 Å². The number of halogens is 1. The van der Waals surface area contributed by atoms with Gasteiger partial charge in [0.25, 0.3) is 0 Å². The molecule has 112 valence electrons. The number of benzene rings is 1. The first kappa shape index (κ1) is 16.4. The second-order valence-electron chi connectivity index (χ2n) is 5.02. The molecule has 20 heavy (non-hydrogen) atoms. The SMILES string of the molecule is CC(O)CCN(C)C(C)C(=O)Nc1cc(N)ccc1F. The third-order valence-corrected chi connectivity index (χ3v) is 3.19. The van der Waals surface area contributed by atoms with E-state index in [1.54, 1.807) is 25.8 Å². The van der Waals surface area contributed by atoms with Crippen molar-refractivity contribution in [3.05, 3.63) is 24.0 Å². The molecule has 1 amide bonds. The van der Waals surface area contributed by atoms with Gasteiger partial charge in [-0.05, 0) is 45.5 Å². The van der Waals surface area contributed by atoms with Gasteiger partial charge in [0, 0.05) is 12.2 Å². The van der Waals surface area contributed by atoms with Crippen LogP contribution in [-0.2, 0) is 4.79 Å². The summed E-state index contributed by atoms with van der Waals surface area (Å²) in [6.45, 7) is 3.99. The lowest BCUT2D eigenvalue weighted by molar-refractivity contribution is -0.120. The Kier molecular flexibility index (Phi) is 5.91. The maximum Gasteiger partial charge on any atom is 0.241 e. The van der Waals surface area contributed by atoms with Crippen LogP contribution < -0.4 is 11.1 Å². The fourth-order valence-electron chi connectivity index (χ4n) is 1.66. The molecule has 0 aliphatic heterocycles. The minimum atomic E-state index is -0.522. The van der Waals surface area contributed by atoms with E-state index < -0.39 is 18.0 Å². The third-order valence-electron chi connectivity index (χ3n) is 3.19. The van der Waals surface area contributed by atoms with E-state index in [1.165, 1.54) is 18.2 Å². The van der Waals surface area contributed by atoms with Crippen LogP contribution in [0.15, 0.2) is 18.2 Å². The van der Waals surface area contributed by atoms with Crippen LogP contribution >= 0.6 is 0 Å². The Morgan fingerprint density at radius 3 is 2.75 bits per heavy atom. The molecule has 0 bridgehead atoms. The molecular formula is C14H22FN3O2. The smallest absolute Gasteiger partial charge is 0.241 e. The highest BCUT2D eigenvalue weighted by Crippen LogP contribution is 2.18. The van der Waals surface area contributed by atoms with Gasteiger partial charge in [0.05, 0.1) is 17.8 Å². The normalized spacial score (nSPS) is 14.1. The van der Waals surface area contributed by atoms with Crippen LogP contribution in [0.4, 0.5) is 15.8 Å².